The normalized spacial score (nSPS) is 12.5. The van der Waals surface area contributed by atoms with Gasteiger partial charge in [0.2, 0.25) is 0 Å². The minimum Gasteiger partial charge on any atom is -0.476 e. The highest BCUT2D eigenvalue weighted by Gasteiger charge is 2.16. The molecule has 84 valence electrons. The molecule has 0 fully saturated rings. The molecule has 0 saturated carbocycles. The van der Waals surface area contributed by atoms with Gasteiger partial charge in [0.05, 0.1) is 0 Å². The van der Waals surface area contributed by atoms with Crippen LogP contribution in [-0.4, -0.2) is 29.1 Å². The van der Waals surface area contributed by atoms with Gasteiger partial charge >= 0.3 is 5.97 Å². The van der Waals surface area contributed by atoms with Crippen LogP contribution in [0.5, 0.6) is 0 Å². The van der Waals surface area contributed by atoms with Gasteiger partial charge in [-0.2, -0.15) is 4.98 Å². The second-order valence-corrected chi connectivity index (χ2v) is 3.57. The number of nitrogens with zero attached hydrogens (tertiary/aromatic N) is 2. The van der Waals surface area contributed by atoms with E-state index >= 15 is 0 Å². The number of oxazole rings is 1. The molecule has 0 aliphatic heterocycles. The zero-order valence-electron chi connectivity index (χ0n) is 9.23. The number of anilines is 1. The molecule has 1 unspecified atom stereocenters. The van der Waals surface area contributed by atoms with Crippen LogP contribution in [0.15, 0.2) is 10.7 Å². The van der Waals surface area contributed by atoms with Crippen LogP contribution in [0.3, 0.4) is 0 Å². The lowest BCUT2D eigenvalue weighted by Crippen LogP contribution is -2.28. The van der Waals surface area contributed by atoms with Crippen LogP contribution >= 0.6 is 0 Å². The fraction of sp³-hybridized carbons (Fsp3) is 0.600. The number of carboxylic acids is 1. The standard InChI is InChI=1S/C10H16N2O3/c1-4-5-7(2)12(3)10-11-8(6-15-10)9(13)14/h6-7H,4-5H2,1-3H3,(H,13,14). The number of hydrogen-bond donors (Lipinski definition) is 1. The van der Waals surface area contributed by atoms with E-state index in [1.54, 1.807) is 0 Å². The Balaban J connectivity index is 2.73. The molecule has 1 rings (SSSR count). The second-order valence-electron chi connectivity index (χ2n) is 3.57. The van der Waals surface area contributed by atoms with Gasteiger partial charge in [0.25, 0.3) is 6.01 Å². The molecular formula is C10H16N2O3. The van der Waals surface area contributed by atoms with Crippen LogP contribution in [0.4, 0.5) is 6.01 Å². The molecule has 0 aromatic carbocycles. The van der Waals surface area contributed by atoms with Crippen molar-refractivity contribution < 1.29 is 14.3 Å². The summed E-state index contributed by atoms with van der Waals surface area (Å²) in [5.41, 5.74) is -0.0550. The monoisotopic (exact) mass is 212 g/mol. The third-order valence-electron chi connectivity index (χ3n) is 2.38. The van der Waals surface area contributed by atoms with Gasteiger partial charge in [0, 0.05) is 13.1 Å². The summed E-state index contributed by atoms with van der Waals surface area (Å²) in [5.74, 6) is -1.07. The lowest BCUT2D eigenvalue weighted by atomic mass is 10.2. The van der Waals surface area contributed by atoms with Crippen LogP contribution in [0.2, 0.25) is 0 Å². The highest BCUT2D eigenvalue weighted by molar-refractivity contribution is 5.85. The van der Waals surface area contributed by atoms with Crippen molar-refractivity contribution in [3.8, 4) is 0 Å². The van der Waals surface area contributed by atoms with Gasteiger partial charge in [-0.15, -0.1) is 0 Å². The fourth-order valence-electron chi connectivity index (χ4n) is 1.32. The van der Waals surface area contributed by atoms with Gasteiger partial charge in [-0.05, 0) is 13.3 Å². The number of carbonyl (C=O) groups is 1. The number of hydrogen-bond acceptors (Lipinski definition) is 4. The smallest absolute Gasteiger partial charge is 0.357 e. The molecule has 5 nitrogen and oxygen atoms in total. The van der Waals surface area contributed by atoms with Gasteiger partial charge in [-0.3, -0.25) is 0 Å². The Bertz CT molecular complexity index is 335. The highest BCUT2D eigenvalue weighted by atomic mass is 16.4. The molecule has 0 amide bonds. The largest absolute Gasteiger partial charge is 0.476 e. The number of aromatic nitrogens is 1. The quantitative estimate of drug-likeness (QED) is 0.808. The van der Waals surface area contributed by atoms with E-state index in [-0.39, 0.29) is 11.7 Å². The molecule has 0 spiro atoms. The van der Waals surface area contributed by atoms with Gasteiger partial charge < -0.3 is 14.4 Å². The average Bonchev–Trinajstić information content (AvgIpc) is 2.65. The van der Waals surface area contributed by atoms with Gasteiger partial charge in [-0.1, -0.05) is 13.3 Å². The molecular weight excluding hydrogens is 196 g/mol. The maximum atomic E-state index is 10.6. The SMILES string of the molecule is CCCC(C)N(C)c1nc(C(=O)O)co1. The van der Waals surface area contributed by atoms with Crippen molar-refractivity contribution in [2.24, 2.45) is 0 Å². The van der Waals surface area contributed by atoms with E-state index in [1.807, 2.05) is 18.9 Å². The lowest BCUT2D eigenvalue weighted by molar-refractivity contribution is 0.0690. The van der Waals surface area contributed by atoms with E-state index in [1.165, 1.54) is 0 Å². The molecule has 5 heteroatoms. The van der Waals surface area contributed by atoms with Crippen molar-refractivity contribution in [1.82, 2.24) is 4.98 Å². The minimum absolute atomic E-state index is 0.0550. The molecule has 0 aliphatic carbocycles. The van der Waals surface area contributed by atoms with Gasteiger partial charge in [-0.25, -0.2) is 4.79 Å². The fourth-order valence-corrected chi connectivity index (χ4v) is 1.32. The lowest BCUT2D eigenvalue weighted by Gasteiger charge is -2.22. The third kappa shape index (κ3) is 2.71. The molecule has 1 aromatic heterocycles. The summed E-state index contributed by atoms with van der Waals surface area (Å²) >= 11 is 0. The van der Waals surface area contributed by atoms with Crippen molar-refractivity contribution >= 4 is 12.0 Å². The topological polar surface area (TPSA) is 66.6 Å². The molecule has 1 atom stereocenters. The summed E-state index contributed by atoms with van der Waals surface area (Å²) in [6.07, 6.45) is 3.24. The van der Waals surface area contributed by atoms with Crippen molar-refractivity contribution in [3.63, 3.8) is 0 Å². The molecule has 1 aromatic rings. The van der Waals surface area contributed by atoms with Crippen LogP contribution in [0.25, 0.3) is 0 Å². The Morgan fingerprint density at radius 3 is 2.87 bits per heavy atom. The molecule has 0 aliphatic rings. The van der Waals surface area contributed by atoms with E-state index in [0.717, 1.165) is 19.1 Å². The predicted octanol–water partition coefficient (Wildman–Crippen LogP) is 2.00. The summed E-state index contributed by atoms with van der Waals surface area (Å²) in [6, 6.07) is 0.642. The van der Waals surface area contributed by atoms with Crippen molar-refractivity contribution in [3.05, 3.63) is 12.0 Å². The molecule has 1 N–H and O–H groups in total. The Morgan fingerprint density at radius 2 is 2.40 bits per heavy atom. The van der Waals surface area contributed by atoms with E-state index in [4.69, 9.17) is 9.52 Å². The minimum atomic E-state index is -1.07. The van der Waals surface area contributed by atoms with Crippen molar-refractivity contribution in [2.75, 3.05) is 11.9 Å². The molecule has 0 radical (unpaired) electrons. The molecule has 0 saturated heterocycles. The van der Waals surface area contributed by atoms with E-state index in [2.05, 4.69) is 11.9 Å². The van der Waals surface area contributed by atoms with Gasteiger partial charge in [0.15, 0.2) is 5.69 Å². The van der Waals surface area contributed by atoms with E-state index in [9.17, 15) is 4.79 Å². The van der Waals surface area contributed by atoms with E-state index < -0.39 is 5.97 Å². The summed E-state index contributed by atoms with van der Waals surface area (Å²) in [7, 11) is 1.85. The van der Waals surface area contributed by atoms with Crippen molar-refractivity contribution in [1.29, 1.82) is 0 Å². The first kappa shape index (κ1) is 11.6. The molecule has 0 bridgehead atoms. The first-order chi connectivity index (χ1) is 7.06. The number of rotatable bonds is 5. The Morgan fingerprint density at radius 1 is 1.73 bits per heavy atom. The number of aromatic carboxylic acids is 1. The van der Waals surface area contributed by atoms with Crippen LogP contribution in [0, 0.1) is 0 Å². The summed E-state index contributed by atoms with van der Waals surface area (Å²) in [5, 5.41) is 8.68. The number of carboxylic acid groups (broad SMARTS) is 1. The maximum absolute atomic E-state index is 10.6. The molecule has 15 heavy (non-hydrogen) atoms. The Kier molecular flexibility index (Phi) is 3.71. The Hall–Kier alpha value is -1.52. The Labute approximate surface area is 88.7 Å². The maximum Gasteiger partial charge on any atom is 0.357 e. The third-order valence-corrected chi connectivity index (χ3v) is 2.38. The average molecular weight is 212 g/mol. The zero-order valence-corrected chi connectivity index (χ0v) is 9.23. The zero-order chi connectivity index (χ0) is 11.4. The first-order valence-electron chi connectivity index (χ1n) is 4.98. The summed E-state index contributed by atoms with van der Waals surface area (Å²) < 4.78 is 5.09. The molecule has 1 heterocycles. The highest BCUT2D eigenvalue weighted by Crippen LogP contribution is 2.16. The van der Waals surface area contributed by atoms with Crippen LogP contribution in [-0.2, 0) is 0 Å². The second kappa shape index (κ2) is 4.82. The summed E-state index contributed by atoms with van der Waals surface area (Å²) in [4.78, 5) is 16.3. The van der Waals surface area contributed by atoms with Crippen LogP contribution in [0.1, 0.15) is 37.2 Å². The van der Waals surface area contributed by atoms with E-state index in [0.29, 0.717) is 6.01 Å². The predicted molar refractivity (Wildman–Crippen MR) is 56.2 cm³/mol. The van der Waals surface area contributed by atoms with Crippen molar-refractivity contribution in [2.45, 2.75) is 32.7 Å². The van der Waals surface area contributed by atoms with Crippen LogP contribution < -0.4 is 4.90 Å². The van der Waals surface area contributed by atoms with Gasteiger partial charge in [0.1, 0.15) is 6.26 Å². The summed E-state index contributed by atoms with van der Waals surface area (Å²) in [6.45, 7) is 4.15. The first-order valence-corrected chi connectivity index (χ1v) is 4.98.